The SMILES string of the molecule is CC(C)c1nnc2n1CCC1(CC2)CCN(C(=O)c2cccn2C)CC1. The number of carbonyl (C=O) groups excluding carboxylic acids is 1. The molecule has 1 fully saturated rings. The first-order valence-electron chi connectivity index (χ1n) is 9.82. The molecule has 2 aromatic rings. The highest BCUT2D eigenvalue weighted by atomic mass is 16.2. The summed E-state index contributed by atoms with van der Waals surface area (Å²) in [5.74, 6) is 2.84. The summed E-state index contributed by atoms with van der Waals surface area (Å²) in [7, 11) is 1.94. The van der Waals surface area contributed by atoms with Crippen LogP contribution in [0.3, 0.4) is 0 Å². The molecule has 0 aliphatic carbocycles. The van der Waals surface area contributed by atoms with Crippen molar-refractivity contribution in [1.82, 2.24) is 24.2 Å². The first-order valence-corrected chi connectivity index (χ1v) is 9.82. The first kappa shape index (κ1) is 17.3. The Hall–Kier alpha value is -2.11. The molecule has 6 heteroatoms. The van der Waals surface area contributed by atoms with E-state index < -0.39 is 0 Å². The van der Waals surface area contributed by atoms with Crippen molar-refractivity contribution in [1.29, 1.82) is 0 Å². The van der Waals surface area contributed by atoms with Gasteiger partial charge in [0.05, 0.1) is 0 Å². The largest absolute Gasteiger partial charge is 0.347 e. The topological polar surface area (TPSA) is 56.0 Å². The third-order valence-corrected chi connectivity index (χ3v) is 6.39. The van der Waals surface area contributed by atoms with Gasteiger partial charge in [-0.25, -0.2) is 0 Å². The average molecular weight is 355 g/mol. The minimum Gasteiger partial charge on any atom is -0.347 e. The quantitative estimate of drug-likeness (QED) is 0.832. The number of amides is 1. The molecule has 0 N–H and O–H groups in total. The van der Waals surface area contributed by atoms with Gasteiger partial charge in [0, 0.05) is 45.2 Å². The fourth-order valence-corrected chi connectivity index (χ4v) is 4.59. The van der Waals surface area contributed by atoms with E-state index in [0.29, 0.717) is 11.3 Å². The van der Waals surface area contributed by atoms with E-state index in [1.807, 2.05) is 34.8 Å². The number of nitrogens with zero attached hydrogens (tertiary/aromatic N) is 5. The maximum atomic E-state index is 12.8. The van der Waals surface area contributed by atoms with E-state index in [4.69, 9.17) is 0 Å². The Bertz CT molecular complexity index is 795. The van der Waals surface area contributed by atoms with Gasteiger partial charge in [0.2, 0.25) is 0 Å². The molecular weight excluding hydrogens is 326 g/mol. The summed E-state index contributed by atoms with van der Waals surface area (Å²) in [5, 5.41) is 8.85. The number of fused-ring (bicyclic) bond motifs is 1. The molecule has 0 atom stereocenters. The molecule has 26 heavy (non-hydrogen) atoms. The lowest BCUT2D eigenvalue weighted by Gasteiger charge is -2.41. The molecule has 0 bridgehead atoms. The normalized spacial score (nSPS) is 19.6. The Morgan fingerprint density at radius 1 is 1.12 bits per heavy atom. The number of hydrogen-bond donors (Lipinski definition) is 0. The molecule has 4 rings (SSSR count). The van der Waals surface area contributed by atoms with Gasteiger partial charge in [0.1, 0.15) is 17.3 Å². The van der Waals surface area contributed by atoms with E-state index in [0.717, 1.165) is 62.7 Å². The lowest BCUT2D eigenvalue weighted by atomic mass is 9.72. The van der Waals surface area contributed by atoms with Crippen LogP contribution in [0.5, 0.6) is 0 Å². The second-order valence-electron chi connectivity index (χ2n) is 8.33. The van der Waals surface area contributed by atoms with Crippen LogP contribution >= 0.6 is 0 Å². The van der Waals surface area contributed by atoms with E-state index in [1.54, 1.807) is 0 Å². The number of carbonyl (C=O) groups is 1. The molecule has 0 aromatic carbocycles. The van der Waals surface area contributed by atoms with Crippen molar-refractivity contribution in [3.63, 3.8) is 0 Å². The molecular formula is C20H29N5O. The minimum atomic E-state index is 0.167. The Morgan fingerprint density at radius 2 is 1.85 bits per heavy atom. The summed E-state index contributed by atoms with van der Waals surface area (Å²) in [5.41, 5.74) is 1.13. The summed E-state index contributed by atoms with van der Waals surface area (Å²) in [6, 6.07) is 3.85. The molecule has 140 valence electrons. The molecule has 0 unspecified atom stereocenters. The lowest BCUT2D eigenvalue weighted by Crippen LogP contribution is -2.43. The highest BCUT2D eigenvalue weighted by Gasteiger charge is 2.38. The van der Waals surface area contributed by atoms with Gasteiger partial charge in [-0.05, 0) is 43.2 Å². The van der Waals surface area contributed by atoms with Gasteiger partial charge in [-0.15, -0.1) is 10.2 Å². The standard InChI is InChI=1S/C20H29N5O/c1-15(2)18-22-21-17-6-7-20(10-14-25(17)18)8-12-24(13-9-20)19(26)16-5-4-11-23(16)3/h4-5,11,15H,6-10,12-14H2,1-3H3. The first-order chi connectivity index (χ1) is 12.5. The molecule has 2 aliphatic heterocycles. The Morgan fingerprint density at radius 3 is 2.50 bits per heavy atom. The summed E-state index contributed by atoms with van der Waals surface area (Å²) in [6.07, 6.45) is 7.47. The number of aryl methyl sites for hydroxylation is 2. The molecule has 2 aliphatic rings. The predicted molar refractivity (Wildman–Crippen MR) is 100 cm³/mol. The fourth-order valence-electron chi connectivity index (χ4n) is 4.59. The number of likely N-dealkylation sites (tertiary alicyclic amines) is 1. The highest BCUT2D eigenvalue weighted by Crippen LogP contribution is 2.42. The maximum Gasteiger partial charge on any atom is 0.270 e. The van der Waals surface area contributed by atoms with Crippen molar-refractivity contribution in [2.75, 3.05) is 13.1 Å². The van der Waals surface area contributed by atoms with E-state index in [2.05, 4.69) is 28.6 Å². The van der Waals surface area contributed by atoms with Gasteiger partial charge in [-0.3, -0.25) is 4.79 Å². The van der Waals surface area contributed by atoms with Crippen molar-refractivity contribution >= 4 is 5.91 Å². The summed E-state index contributed by atoms with van der Waals surface area (Å²) >= 11 is 0. The number of rotatable bonds is 2. The van der Waals surface area contributed by atoms with Crippen LogP contribution in [-0.2, 0) is 20.0 Å². The van der Waals surface area contributed by atoms with Crippen LogP contribution < -0.4 is 0 Å². The zero-order chi connectivity index (χ0) is 18.3. The second-order valence-corrected chi connectivity index (χ2v) is 8.33. The number of hydrogen-bond acceptors (Lipinski definition) is 3. The fraction of sp³-hybridized carbons (Fsp3) is 0.650. The summed E-state index contributed by atoms with van der Waals surface area (Å²) in [6.45, 7) is 7.11. The van der Waals surface area contributed by atoms with E-state index >= 15 is 0 Å². The van der Waals surface area contributed by atoms with E-state index in [-0.39, 0.29) is 5.91 Å². The van der Waals surface area contributed by atoms with Crippen LogP contribution in [0.1, 0.15) is 67.6 Å². The molecule has 2 aromatic heterocycles. The molecule has 1 spiro atoms. The summed E-state index contributed by atoms with van der Waals surface area (Å²) < 4.78 is 4.26. The predicted octanol–water partition coefficient (Wildman–Crippen LogP) is 3.00. The lowest BCUT2D eigenvalue weighted by molar-refractivity contribution is 0.0527. The van der Waals surface area contributed by atoms with Gasteiger partial charge < -0.3 is 14.0 Å². The van der Waals surface area contributed by atoms with Crippen LogP contribution in [0.4, 0.5) is 0 Å². The molecule has 0 radical (unpaired) electrons. The molecule has 1 saturated heterocycles. The monoisotopic (exact) mass is 355 g/mol. The average Bonchev–Trinajstić information content (AvgIpc) is 3.20. The van der Waals surface area contributed by atoms with Crippen molar-refractivity contribution < 1.29 is 4.79 Å². The third-order valence-electron chi connectivity index (χ3n) is 6.39. The molecule has 1 amide bonds. The van der Waals surface area contributed by atoms with Crippen LogP contribution in [0.15, 0.2) is 18.3 Å². The zero-order valence-electron chi connectivity index (χ0n) is 16.1. The second kappa shape index (κ2) is 6.56. The van der Waals surface area contributed by atoms with Gasteiger partial charge >= 0.3 is 0 Å². The maximum absolute atomic E-state index is 12.8. The number of aromatic nitrogens is 4. The van der Waals surface area contributed by atoms with Crippen molar-refractivity contribution in [2.24, 2.45) is 12.5 Å². The molecule has 4 heterocycles. The zero-order valence-corrected chi connectivity index (χ0v) is 16.1. The van der Waals surface area contributed by atoms with Crippen molar-refractivity contribution in [2.45, 2.75) is 58.4 Å². The van der Waals surface area contributed by atoms with E-state index in [1.165, 1.54) is 6.42 Å². The van der Waals surface area contributed by atoms with Gasteiger partial charge in [-0.2, -0.15) is 0 Å². The smallest absolute Gasteiger partial charge is 0.270 e. The van der Waals surface area contributed by atoms with Crippen molar-refractivity contribution in [3.8, 4) is 0 Å². The Kier molecular flexibility index (Phi) is 4.37. The number of piperidine rings is 1. The Balaban J connectivity index is 1.43. The molecule has 6 nitrogen and oxygen atoms in total. The highest BCUT2D eigenvalue weighted by molar-refractivity contribution is 5.92. The van der Waals surface area contributed by atoms with Crippen LogP contribution in [0, 0.1) is 5.41 Å². The van der Waals surface area contributed by atoms with Crippen molar-refractivity contribution in [3.05, 3.63) is 35.7 Å². The van der Waals surface area contributed by atoms with Crippen LogP contribution in [-0.4, -0.2) is 43.2 Å². The Labute approximate surface area is 155 Å². The third kappa shape index (κ3) is 2.95. The van der Waals surface area contributed by atoms with Gasteiger partial charge in [0.15, 0.2) is 0 Å². The van der Waals surface area contributed by atoms with Gasteiger partial charge in [-0.1, -0.05) is 13.8 Å². The minimum absolute atomic E-state index is 0.167. The van der Waals surface area contributed by atoms with Crippen LogP contribution in [0.25, 0.3) is 0 Å². The van der Waals surface area contributed by atoms with Crippen LogP contribution in [0.2, 0.25) is 0 Å². The van der Waals surface area contributed by atoms with Gasteiger partial charge in [0.25, 0.3) is 5.91 Å². The summed E-state index contributed by atoms with van der Waals surface area (Å²) in [4.78, 5) is 14.8. The van der Waals surface area contributed by atoms with E-state index in [9.17, 15) is 4.79 Å². The molecule has 0 saturated carbocycles.